The highest BCUT2D eigenvalue weighted by molar-refractivity contribution is 5.87. The molecule has 0 bridgehead atoms. The minimum absolute atomic E-state index is 0.0553. The van der Waals surface area contributed by atoms with Crippen molar-refractivity contribution in [1.29, 1.82) is 0 Å². The summed E-state index contributed by atoms with van der Waals surface area (Å²) >= 11 is 0. The van der Waals surface area contributed by atoms with Crippen molar-refractivity contribution in [2.45, 2.75) is 193 Å². The summed E-state index contributed by atoms with van der Waals surface area (Å²) in [4.78, 5) is 47.6. The summed E-state index contributed by atoms with van der Waals surface area (Å²) in [5.74, 6) is -2.39. The average Bonchev–Trinajstić information content (AvgIpc) is 3.20. The number of unbranched alkanes of at least 4 members (excludes halogenated alkanes) is 13. The Morgan fingerprint density at radius 1 is 0.544 bits per heavy atom. The molecule has 0 aromatic rings. The smallest absolute Gasteiger partial charge is 0.328 e. The van der Waals surface area contributed by atoms with Gasteiger partial charge in [-0.2, -0.15) is 0 Å². The van der Waals surface area contributed by atoms with E-state index in [0.29, 0.717) is 19.3 Å². The highest BCUT2D eigenvalue weighted by atomic mass is 16.5. The molecule has 0 heterocycles. The van der Waals surface area contributed by atoms with Gasteiger partial charge in [-0.15, -0.1) is 0 Å². The number of carboxylic acid groups (broad SMARTS) is 1. The van der Waals surface area contributed by atoms with Gasteiger partial charge in [0.25, 0.3) is 0 Å². The molecule has 4 N–H and O–H groups in total. The van der Waals surface area contributed by atoms with Crippen molar-refractivity contribution in [3.05, 3.63) is 72.9 Å². The Morgan fingerprint density at radius 2 is 0.982 bits per heavy atom. The number of ether oxygens (including phenoxy) is 1. The molecule has 0 saturated carbocycles. The number of hydrogen-bond donors (Lipinski definition) is 4. The Kier molecular flexibility index (Phi) is 39.2. The van der Waals surface area contributed by atoms with E-state index in [4.69, 9.17) is 14.9 Å². The molecule has 0 aromatic carbocycles. The lowest BCUT2D eigenvalue weighted by atomic mass is 10.0. The first-order chi connectivity index (χ1) is 27.8. The molecule has 2 unspecified atom stereocenters. The fourth-order valence-electron chi connectivity index (χ4n) is 6.09. The highest BCUT2D eigenvalue weighted by Crippen LogP contribution is 2.18. The monoisotopic (exact) mass is 797 g/mol. The molecule has 0 aliphatic carbocycles. The number of esters is 1. The largest absolute Gasteiger partial charge is 0.480 e. The fraction of sp³-hybridized carbons (Fsp3) is 0.667. The summed E-state index contributed by atoms with van der Waals surface area (Å²) < 4.78 is 5.98. The molecular weight excluding hydrogens is 717 g/mol. The van der Waals surface area contributed by atoms with E-state index in [2.05, 4.69) is 97.4 Å². The normalized spacial score (nSPS) is 13.2. The Labute approximate surface area is 346 Å². The second-order valence-electron chi connectivity index (χ2n) is 14.8. The van der Waals surface area contributed by atoms with Crippen LogP contribution in [-0.4, -0.2) is 59.3 Å². The maximum atomic E-state index is 12.8. The van der Waals surface area contributed by atoms with Gasteiger partial charge in [-0.1, -0.05) is 164 Å². The van der Waals surface area contributed by atoms with E-state index in [1.54, 1.807) is 0 Å². The lowest BCUT2D eigenvalue weighted by molar-refractivity contribution is -0.149. The van der Waals surface area contributed by atoms with Crippen molar-refractivity contribution >= 4 is 23.8 Å². The van der Waals surface area contributed by atoms with Crippen LogP contribution in [0.4, 0.5) is 0 Å². The van der Waals surface area contributed by atoms with Gasteiger partial charge in [-0.25, -0.2) is 4.79 Å². The summed E-state index contributed by atoms with van der Waals surface area (Å²) in [6.45, 7) is 3.35. The summed E-state index contributed by atoms with van der Waals surface area (Å²) in [7, 11) is 0. The highest BCUT2D eigenvalue weighted by Gasteiger charge is 2.19. The second kappa shape index (κ2) is 41.9. The number of allylic oxidation sites excluding steroid dienone is 12. The molecule has 0 aromatic heterocycles. The Morgan fingerprint density at radius 3 is 1.44 bits per heavy atom. The van der Waals surface area contributed by atoms with Crippen LogP contribution in [0.25, 0.3) is 0 Å². The van der Waals surface area contributed by atoms with Crippen molar-refractivity contribution in [2.24, 2.45) is 0 Å². The van der Waals surface area contributed by atoms with E-state index in [0.717, 1.165) is 83.5 Å². The summed E-state index contributed by atoms with van der Waals surface area (Å²) in [6.07, 6.45) is 52.2. The number of nitrogens with one attached hydrogen (secondary N) is 2. The van der Waals surface area contributed by atoms with Crippen molar-refractivity contribution in [3.8, 4) is 0 Å². The van der Waals surface area contributed by atoms with Crippen LogP contribution in [-0.2, 0) is 23.9 Å². The maximum Gasteiger partial charge on any atom is 0.328 e. The zero-order chi connectivity index (χ0) is 41.9. The van der Waals surface area contributed by atoms with E-state index in [1.807, 2.05) is 0 Å². The van der Waals surface area contributed by atoms with Crippen LogP contribution in [0.2, 0.25) is 0 Å². The fourth-order valence-corrected chi connectivity index (χ4v) is 6.09. The minimum atomic E-state index is -1.39. The second-order valence-corrected chi connectivity index (χ2v) is 14.8. The Balaban J connectivity index is 4.40. The first kappa shape index (κ1) is 53.3. The molecule has 2 amide bonds. The van der Waals surface area contributed by atoms with Gasteiger partial charge in [-0.3, -0.25) is 14.4 Å². The van der Waals surface area contributed by atoms with Crippen molar-refractivity contribution in [1.82, 2.24) is 10.6 Å². The molecule has 0 rings (SSSR count). The molecular formula is C48H80N2O7. The number of carbonyl (C=O) groups is 4. The predicted octanol–water partition coefficient (Wildman–Crippen LogP) is 11.1. The van der Waals surface area contributed by atoms with E-state index < -0.39 is 24.5 Å². The number of hydrogen-bond acceptors (Lipinski definition) is 6. The third-order valence-electron chi connectivity index (χ3n) is 9.48. The van der Waals surface area contributed by atoms with Crippen LogP contribution in [0, 0.1) is 0 Å². The molecule has 9 heteroatoms. The first-order valence-corrected chi connectivity index (χ1v) is 22.3. The van der Waals surface area contributed by atoms with E-state index in [-0.39, 0.29) is 30.9 Å². The molecule has 0 aliphatic heterocycles. The zero-order valence-corrected chi connectivity index (χ0v) is 35.8. The third kappa shape index (κ3) is 38.9. The molecule has 9 nitrogen and oxygen atoms in total. The predicted molar refractivity (Wildman–Crippen MR) is 236 cm³/mol. The summed E-state index contributed by atoms with van der Waals surface area (Å²) in [5, 5.41) is 22.5. The number of aliphatic hydroxyl groups is 1. The Bertz CT molecular complexity index is 1190. The number of rotatable bonds is 39. The molecule has 324 valence electrons. The van der Waals surface area contributed by atoms with Gasteiger partial charge in [0, 0.05) is 12.8 Å². The van der Waals surface area contributed by atoms with Crippen molar-refractivity contribution < 1.29 is 34.1 Å². The number of carbonyl (C=O) groups excluding carboxylic acids is 3. The molecule has 0 saturated heterocycles. The summed E-state index contributed by atoms with van der Waals surface area (Å²) in [5.41, 5.74) is 0. The van der Waals surface area contributed by atoms with Gasteiger partial charge >= 0.3 is 11.9 Å². The van der Waals surface area contributed by atoms with E-state index in [1.165, 1.54) is 57.8 Å². The molecule has 0 aliphatic rings. The van der Waals surface area contributed by atoms with Crippen LogP contribution < -0.4 is 10.6 Å². The standard InChI is InChI=1S/C48H80N2O7/c1-3-5-7-9-11-13-15-16-17-18-19-20-21-22-23-25-27-32-36-40-47(54)57-43(37-33-29-26-24-14-12-10-8-6-4-2)38-34-30-28-31-35-39-45(52)49-41-46(53)50-44(42-51)48(55)56/h5,7,11,13,16-17,19-20,22-23,27,32,43-44,51H,3-4,6,8-10,12,14-15,18,21,24-26,28-31,33-42H2,1-2H3,(H,49,52)(H,50,53)(H,55,56)/b7-5-,13-11-,17-16-,20-19-,23-22-,32-27-. The molecule has 0 spiro atoms. The molecule has 0 fully saturated rings. The van der Waals surface area contributed by atoms with E-state index in [9.17, 15) is 19.2 Å². The third-order valence-corrected chi connectivity index (χ3v) is 9.48. The zero-order valence-electron chi connectivity index (χ0n) is 35.8. The maximum absolute atomic E-state index is 12.8. The number of carboxylic acids is 1. The van der Waals surface area contributed by atoms with Crippen LogP contribution in [0.15, 0.2) is 72.9 Å². The first-order valence-electron chi connectivity index (χ1n) is 22.3. The lowest BCUT2D eigenvalue weighted by Crippen LogP contribution is -2.47. The van der Waals surface area contributed by atoms with E-state index >= 15 is 0 Å². The molecule has 0 radical (unpaired) electrons. The van der Waals surface area contributed by atoms with Gasteiger partial charge in [-0.05, 0) is 77.0 Å². The molecule has 2 atom stereocenters. The van der Waals surface area contributed by atoms with Gasteiger partial charge in [0.15, 0.2) is 0 Å². The number of amides is 2. The minimum Gasteiger partial charge on any atom is -0.480 e. The van der Waals surface area contributed by atoms with Gasteiger partial charge in [0.1, 0.15) is 12.1 Å². The van der Waals surface area contributed by atoms with Gasteiger partial charge < -0.3 is 25.6 Å². The van der Waals surface area contributed by atoms with Gasteiger partial charge in [0.2, 0.25) is 11.8 Å². The quantitative estimate of drug-likeness (QED) is 0.0276. The van der Waals surface area contributed by atoms with Gasteiger partial charge in [0.05, 0.1) is 13.2 Å². The van der Waals surface area contributed by atoms with Crippen LogP contribution in [0.1, 0.15) is 181 Å². The van der Waals surface area contributed by atoms with Crippen LogP contribution in [0.5, 0.6) is 0 Å². The summed E-state index contributed by atoms with van der Waals surface area (Å²) in [6, 6.07) is -1.39. The SMILES string of the molecule is CC/C=C\C/C=C\C/C=C\C/C=C\C/C=C\C/C=C\CCC(=O)OC(CCCCCCCCCCCC)CCCCCCCC(=O)NCC(=O)NC(CO)C(=O)O. The number of aliphatic carboxylic acids is 1. The average molecular weight is 797 g/mol. The van der Waals surface area contributed by atoms with Crippen molar-refractivity contribution in [2.75, 3.05) is 13.2 Å². The van der Waals surface area contributed by atoms with Crippen LogP contribution in [0.3, 0.4) is 0 Å². The molecule has 57 heavy (non-hydrogen) atoms. The number of aliphatic hydroxyl groups excluding tert-OH is 1. The van der Waals surface area contributed by atoms with Crippen molar-refractivity contribution in [3.63, 3.8) is 0 Å². The lowest BCUT2D eigenvalue weighted by Gasteiger charge is -2.18. The Hall–Kier alpha value is -3.72. The van der Waals surface area contributed by atoms with Crippen LogP contribution >= 0.6 is 0 Å². The topological polar surface area (TPSA) is 142 Å².